The second-order valence-corrected chi connectivity index (χ2v) is 5.66. The second-order valence-electron chi connectivity index (χ2n) is 5.66. The molecule has 0 spiro atoms. The molecule has 1 aromatic rings. The fourth-order valence-corrected chi connectivity index (χ4v) is 2.85. The third-order valence-electron chi connectivity index (χ3n) is 4.47. The van der Waals surface area contributed by atoms with Gasteiger partial charge in [0.15, 0.2) is 0 Å². The SMILES string of the molecule is CCC(N)c1ccc(N2CCCC(C)C2C)cc1. The van der Waals surface area contributed by atoms with Crippen molar-refractivity contribution in [2.24, 2.45) is 11.7 Å². The lowest BCUT2D eigenvalue weighted by atomic mass is 9.91. The van der Waals surface area contributed by atoms with Gasteiger partial charge in [-0.2, -0.15) is 0 Å². The molecule has 3 unspecified atom stereocenters. The van der Waals surface area contributed by atoms with Gasteiger partial charge in [-0.3, -0.25) is 0 Å². The number of piperidine rings is 1. The van der Waals surface area contributed by atoms with Crippen LogP contribution in [0.2, 0.25) is 0 Å². The fourth-order valence-electron chi connectivity index (χ4n) is 2.85. The highest BCUT2D eigenvalue weighted by molar-refractivity contribution is 5.49. The molecule has 0 bridgehead atoms. The maximum atomic E-state index is 6.06. The van der Waals surface area contributed by atoms with E-state index in [2.05, 4.69) is 49.9 Å². The number of benzene rings is 1. The zero-order valence-corrected chi connectivity index (χ0v) is 11.9. The van der Waals surface area contributed by atoms with Gasteiger partial charge in [0.05, 0.1) is 0 Å². The smallest absolute Gasteiger partial charge is 0.0368 e. The first-order chi connectivity index (χ1) is 8.63. The third-order valence-corrected chi connectivity index (χ3v) is 4.47. The van der Waals surface area contributed by atoms with Crippen LogP contribution < -0.4 is 10.6 Å². The summed E-state index contributed by atoms with van der Waals surface area (Å²) in [7, 11) is 0. The van der Waals surface area contributed by atoms with E-state index in [0.717, 1.165) is 12.3 Å². The Morgan fingerprint density at radius 2 is 1.94 bits per heavy atom. The Hall–Kier alpha value is -1.02. The topological polar surface area (TPSA) is 29.3 Å². The molecule has 1 saturated heterocycles. The molecule has 100 valence electrons. The molecule has 0 aromatic heterocycles. The normalized spacial score (nSPS) is 26.1. The standard InChI is InChI=1S/C16H26N2/c1-4-16(17)14-7-9-15(10-8-14)18-11-5-6-12(2)13(18)3/h7-10,12-13,16H,4-6,11,17H2,1-3H3. The molecule has 0 amide bonds. The van der Waals surface area contributed by atoms with E-state index in [-0.39, 0.29) is 6.04 Å². The average Bonchev–Trinajstić information content (AvgIpc) is 2.41. The van der Waals surface area contributed by atoms with Crippen LogP contribution in [0, 0.1) is 5.92 Å². The van der Waals surface area contributed by atoms with Crippen LogP contribution >= 0.6 is 0 Å². The number of hydrogen-bond acceptors (Lipinski definition) is 2. The van der Waals surface area contributed by atoms with Crippen molar-refractivity contribution in [3.8, 4) is 0 Å². The average molecular weight is 246 g/mol. The third kappa shape index (κ3) is 2.69. The molecule has 2 N–H and O–H groups in total. The van der Waals surface area contributed by atoms with Crippen LogP contribution in [0.5, 0.6) is 0 Å². The molecule has 1 aromatic carbocycles. The first kappa shape index (κ1) is 13.4. The molecular weight excluding hydrogens is 220 g/mol. The van der Waals surface area contributed by atoms with Crippen LogP contribution in [-0.2, 0) is 0 Å². The molecule has 0 saturated carbocycles. The minimum Gasteiger partial charge on any atom is -0.369 e. The van der Waals surface area contributed by atoms with Gasteiger partial charge < -0.3 is 10.6 Å². The minimum absolute atomic E-state index is 0.178. The van der Waals surface area contributed by atoms with E-state index in [4.69, 9.17) is 5.73 Å². The zero-order chi connectivity index (χ0) is 13.1. The van der Waals surface area contributed by atoms with E-state index in [1.807, 2.05) is 0 Å². The predicted octanol–water partition coefficient (Wildman–Crippen LogP) is 3.72. The van der Waals surface area contributed by atoms with Crippen LogP contribution in [0.1, 0.15) is 51.6 Å². The summed E-state index contributed by atoms with van der Waals surface area (Å²) in [4.78, 5) is 2.54. The summed E-state index contributed by atoms with van der Waals surface area (Å²) in [6, 6.07) is 9.67. The Kier molecular flexibility index (Phi) is 4.28. The van der Waals surface area contributed by atoms with Crippen molar-refractivity contribution in [1.29, 1.82) is 0 Å². The molecule has 1 fully saturated rings. The lowest BCUT2D eigenvalue weighted by Crippen LogP contribution is -2.42. The van der Waals surface area contributed by atoms with Crippen molar-refractivity contribution >= 4 is 5.69 Å². The van der Waals surface area contributed by atoms with E-state index < -0.39 is 0 Å². The van der Waals surface area contributed by atoms with Crippen molar-refractivity contribution < 1.29 is 0 Å². The molecular formula is C16H26N2. The highest BCUT2D eigenvalue weighted by Crippen LogP contribution is 2.29. The number of nitrogens with two attached hydrogens (primary N) is 1. The molecule has 3 atom stereocenters. The van der Waals surface area contributed by atoms with E-state index in [0.29, 0.717) is 6.04 Å². The molecule has 2 heteroatoms. The quantitative estimate of drug-likeness (QED) is 0.880. The second kappa shape index (κ2) is 5.75. The Bertz CT molecular complexity index is 371. The van der Waals surface area contributed by atoms with Crippen LogP contribution in [0.3, 0.4) is 0 Å². The van der Waals surface area contributed by atoms with Gasteiger partial charge in [-0.1, -0.05) is 26.0 Å². The predicted molar refractivity (Wildman–Crippen MR) is 78.9 cm³/mol. The maximum Gasteiger partial charge on any atom is 0.0368 e. The summed E-state index contributed by atoms with van der Waals surface area (Å²) in [6.07, 6.45) is 3.66. The highest BCUT2D eigenvalue weighted by Gasteiger charge is 2.24. The molecule has 0 radical (unpaired) electrons. The Morgan fingerprint density at radius 3 is 2.56 bits per heavy atom. The maximum absolute atomic E-state index is 6.06. The Labute approximate surface area is 111 Å². The summed E-state index contributed by atoms with van der Waals surface area (Å²) in [6.45, 7) is 8.02. The first-order valence-electron chi connectivity index (χ1n) is 7.25. The van der Waals surface area contributed by atoms with E-state index in [1.165, 1.54) is 30.6 Å². The summed E-state index contributed by atoms with van der Waals surface area (Å²) in [5.41, 5.74) is 8.66. The molecule has 0 aliphatic carbocycles. The van der Waals surface area contributed by atoms with E-state index in [1.54, 1.807) is 0 Å². The van der Waals surface area contributed by atoms with Crippen molar-refractivity contribution in [2.45, 2.75) is 52.1 Å². The van der Waals surface area contributed by atoms with E-state index in [9.17, 15) is 0 Å². The number of nitrogens with zero attached hydrogens (tertiary/aromatic N) is 1. The fraction of sp³-hybridized carbons (Fsp3) is 0.625. The van der Waals surface area contributed by atoms with Gasteiger partial charge >= 0.3 is 0 Å². The Balaban J connectivity index is 2.13. The molecule has 1 aliphatic rings. The lowest BCUT2D eigenvalue weighted by Gasteiger charge is -2.39. The number of rotatable bonds is 3. The van der Waals surface area contributed by atoms with Crippen LogP contribution in [0.15, 0.2) is 24.3 Å². The number of anilines is 1. The van der Waals surface area contributed by atoms with Crippen molar-refractivity contribution in [1.82, 2.24) is 0 Å². The number of hydrogen-bond donors (Lipinski definition) is 1. The molecule has 18 heavy (non-hydrogen) atoms. The van der Waals surface area contributed by atoms with E-state index >= 15 is 0 Å². The van der Waals surface area contributed by atoms with Gasteiger partial charge in [-0.25, -0.2) is 0 Å². The van der Waals surface area contributed by atoms with Crippen molar-refractivity contribution in [3.63, 3.8) is 0 Å². The van der Waals surface area contributed by atoms with Crippen molar-refractivity contribution in [2.75, 3.05) is 11.4 Å². The van der Waals surface area contributed by atoms with Crippen LogP contribution in [0.25, 0.3) is 0 Å². The minimum atomic E-state index is 0.178. The molecule has 1 aliphatic heterocycles. The summed E-state index contributed by atoms with van der Waals surface area (Å²) >= 11 is 0. The van der Waals surface area contributed by atoms with Gasteiger partial charge in [0, 0.05) is 24.3 Å². The van der Waals surface area contributed by atoms with Crippen molar-refractivity contribution in [3.05, 3.63) is 29.8 Å². The monoisotopic (exact) mass is 246 g/mol. The van der Waals surface area contributed by atoms with Crippen LogP contribution in [-0.4, -0.2) is 12.6 Å². The largest absolute Gasteiger partial charge is 0.369 e. The highest BCUT2D eigenvalue weighted by atomic mass is 15.2. The first-order valence-corrected chi connectivity index (χ1v) is 7.25. The summed E-state index contributed by atoms with van der Waals surface area (Å²) in [5, 5.41) is 0. The summed E-state index contributed by atoms with van der Waals surface area (Å²) < 4.78 is 0. The zero-order valence-electron chi connectivity index (χ0n) is 11.9. The molecule has 2 nitrogen and oxygen atoms in total. The Morgan fingerprint density at radius 1 is 1.28 bits per heavy atom. The van der Waals surface area contributed by atoms with Gasteiger partial charge in [0.25, 0.3) is 0 Å². The van der Waals surface area contributed by atoms with Gasteiger partial charge in [-0.15, -0.1) is 0 Å². The van der Waals surface area contributed by atoms with Gasteiger partial charge in [-0.05, 0) is 49.8 Å². The van der Waals surface area contributed by atoms with Gasteiger partial charge in [0.1, 0.15) is 0 Å². The van der Waals surface area contributed by atoms with Gasteiger partial charge in [0.2, 0.25) is 0 Å². The van der Waals surface area contributed by atoms with Crippen LogP contribution in [0.4, 0.5) is 5.69 Å². The lowest BCUT2D eigenvalue weighted by molar-refractivity contribution is 0.363. The molecule has 1 heterocycles. The summed E-state index contributed by atoms with van der Waals surface area (Å²) in [5.74, 6) is 0.788. The molecule has 2 rings (SSSR count).